The zero-order chi connectivity index (χ0) is 14.9. The van der Waals surface area contributed by atoms with Crippen molar-refractivity contribution in [3.63, 3.8) is 0 Å². The largest absolute Gasteiger partial charge is 0.463 e. The summed E-state index contributed by atoms with van der Waals surface area (Å²) in [4.78, 5) is 12.6. The smallest absolute Gasteiger partial charge is 0.323 e. The molecule has 2 N–H and O–H groups in total. The van der Waals surface area contributed by atoms with Gasteiger partial charge in [-0.1, -0.05) is 12.1 Å². The highest BCUT2D eigenvalue weighted by Crippen LogP contribution is 2.11. The fourth-order valence-electron chi connectivity index (χ4n) is 1.60. The fourth-order valence-corrected chi connectivity index (χ4v) is 1.60. The number of rotatable bonds is 9. The number of hydrogen-bond donors (Lipinski definition) is 2. The Hall–Kier alpha value is -2.45. The van der Waals surface area contributed by atoms with Gasteiger partial charge in [-0.15, -0.1) is 5.10 Å². The van der Waals surface area contributed by atoms with E-state index in [1.807, 2.05) is 13.1 Å². The maximum atomic E-state index is 5.44. The molecule has 0 atom stereocenters. The molecule has 0 unspecified atom stereocenters. The molecule has 0 radical (unpaired) electrons. The van der Waals surface area contributed by atoms with Crippen molar-refractivity contribution in [2.75, 3.05) is 30.8 Å². The van der Waals surface area contributed by atoms with Crippen molar-refractivity contribution >= 4 is 11.9 Å². The normalized spacial score (nSPS) is 10.4. The Balaban J connectivity index is 1.85. The third-order valence-corrected chi connectivity index (χ3v) is 2.59. The molecule has 0 bridgehead atoms. The van der Waals surface area contributed by atoms with Crippen molar-refractivity contribution in [3.8, 4) is 6.01 Å². The topological polar surface area (TPSA) is 103 Å². The van der Waals surface area contributed by atoms with E-state index in [0.717, 1.165) is 25.9 Å². The molecule has 0 saturated heterocycles. The third kappa shape index (κ3) is 4.86. The van der Waals surface area contributed by atoms with Crippen LogP contribution in [0.3, 0.4) is 0 Å². The summed E-state index contributed by atoms with van der Waals surface area (Å²) in [6, 6.07) is 0.329. The van der Waals surface area contributed by atoms with Crippen molar-refractivity contribution < 1.29 is 4.74 Å². The van der Waals surface area contributed by atoms with Gasteiger partial charge in [-0.3, -0.25) is 4.68 Å². The second-order valence-electron chi connectivity index (χ2n) is 4.31. The Bertz CT molecular complexity index is 530. The van der Waals surface area contributed by atoms with Crippen LogP contribution in [0, 0.1) is 0 Å². The minimum absolute atomic E-state index is 0.329. The molecule has 0 aliphatic rings. The molecule has 2 heterocycles. The van der Waals surface area contributed by atoms with Gasteiger partial charge in [0.2, 0.25) is 11.9 Å². The lowest BCUT2D eigenvalue weighted by atomic mass is 10.4. The molecule has 2 aromatic rings. The number of hydrogen-bond acceptors (Lipinski definition) is 8. The molecule has 0 aliphatic heterocycles. The van der Waals surface area contributed by atoms with Gasteiger partial charge >= 0.3 is 6.01 Å². The lowest BCUT2D eigenvalue weighted by Gasteiger charge is -2.09. The van der Waals surface area contributed by atoms with Crippen molar-refractivity contribution in [3.05, 3.63) is 12.4 Å². The van der Waals surface area contributed by atoms with Gasteiger partial charge in [0.15, 0.2) is 0 Å². The van der Waals surface area contributed by atoms with Crippen LogP contribution in [-0.2, 0) is 6.54 Å². The first-order chi connectivity index (χ1) is 10.3. The molecule has 9 heteroatoms. The monoisotopic (exact) mass is 292 g/mol. The van der Waals surface area contributed by atoms with E-state index in [1.165, 1.54) is 0 Å². The van der Waals surface area contributed by atoms with Crippen LogP contribution >= 0.6 is 0 Å². The summed E-state index contributed by atoms with van der Waals surface area (Å²) in [6.07, 6.45) is 5.28. The van der Waals surface area contributed by atoms with Crippen LogP contribution in [-0.4, -0.2) is 50.1 Å². The van der Waals surface area contributed by atoms with Gasteiger partial charge in [0.05, 0.1) is 12.8 Å². The first kappa shape index (κ1) is 14.9. The maximum Gasteiger partial charge on any atom is 0.323 e. The molecule has 21 heavy (non-hydrogen) atoms. The summed E-state index contributed by atoms with van der Waals surface area (Å²) in [7, 11) is 1.76. The van der Waals surface area contributed by atoms with Crippen LogP contribution in [0.5, 0.6) is 6.01 Å². The maximum absolute atomic E-state index is 5.44. The summed E-state index contributed by atoms with van der Waals surface area (Å²) >= 11 is 0. The number of nitrogens with one attached hydrogen (secondary N) is 2. The van der Waals surface area contributed by atoms with Crippen LogP contribution in [0.1, 0.15) is 19.8 Å². The van der Waals surface area contributed by atoms with Gasteiger partial charge < -0.3 is 15.4 Å². The van der Waals surface area contributed by atoms with E-state index in [4.69, 9.17) is 4.74 Å². The third-order valence-electron chi connectivity index (χ3n) is 2.59. The molecule has 0 amide bonds. The molecular formula is C12H20N8O. The molecule has 114 valence electrons. The van der Waals surface area contributed by atoms with E-state index in [1.54, 1.807) is 17.9 Å². The van der Waals surface area contributed by atoms with E-state index in [9.17, 15) is 0 Å². The van der Waals surface area contributed by atoms with Gasteiger partial charge in [0.25, 0.3) is 0 Å². The molecule has 0 aliphatic carbocycles. The minimum Gasteiger partial charge on any atom is -0.463 e. The summed E-state index contributed by atoms with van der Waals surface area (Å²) in [5, 5.41) is 13.7. The summed E-state index contributed by atoms with van der Waals surface area (Å²) < 4.78 is 7.22. The van der Waals surface area contributed by atoms with Crippen LogP contribution in [0.25, 0.3) is 0 Å². The van der Waals surface area contributed by atoms with Crippen molar-refractivity contribution in [1.29, 1.82) is 0 Å². The van der Waals surface area contributed by atoms with Crippen molar-refractivity contribution in [1.82, 2.24) is 29.9 Å². The van der Waals surface area contributed by atoms with Crippen LogP contribution in [0.4, 0.5) is 11.9 Å². The zero-order valence-electron chi connectivity index (χ0n) is 12.3. The molecule has 2 rings (SSSR count). The lowest BCUT2D eigenvalue weighted by molar-refractivity contribution is 0.292. The first-order valence-electron chi connectivity index (χ1n) is 6.96. The van der Waals surface area contributed by atoms with E-state index in [-0.39, 0.29) is 0 Å². The Morgan fingerprint density at radius 1 is 1.24 bits per heavy atom. The number of anilines is 2. The van der Waals surface area contributed by atoms with Gasteiger partial charge in [0, 0.05) is 26.3 Å². The molecule has 0 spiro atoms. The molecule has 9 nitrogen and oxygen atoms in total. The summed E-state index contributed by atoms with van der Waals surface area (Å²) in [5.74, 6) is 0.980. The lowest BCUT2D eigenvalue weighted by Crippen LogP contribution is -2.12. The molecular weight excluding hydrogens is 272 g/mol. The van der Waals surface area contributed by atoms with Gasteiger partial charge in [0.1, 0.15) is 0 Å². The van der Waals surface area contributed by atoms with Gasteiger partial charge in [-0.25, -0.2) is 0 Å². The van der Waals surface area contributed by atoms with Crippen molar-refractivity contribution in [2.24, 2.45) is 0 Å². The standard InChI is InChI=1S/C12H20N8O/c1-3-9-21-12-17-10(13-2)16-11(18-12)14-5-4-7-20-8-6-15-19-20/h6,8H,3-5,7,9H2,1-2H3,(H2,13,14,16,17,18). The van der Waals surface area contributed by atoms with Crippen molar-refractivity contribution in [2.45, 2.75) is 26.3 Å². The Morgan fingerprint density at radius 3 is 2.81 bits per heavy atom. The van der Waals surface area contributed by atoms with E-state index >= 15 is 0 Å². The quantitative estimate of drug-likeness (QED) is 0.654. The Morgan fingerprint density at radius 2 is 2.10 bits per heavy atom. The minimum atomic E-state index is 0.329. The highest BCUT2D eigenvalue weighted by atomic mass is 16.5. The fraction of sp³-hybridized carbons (Fsp3) is 0.583. The van der Waals surface area contributed by atoms with E-state index in [0.29, 0.717) is 24.5 Å². The molecule has 0 fully saturated rings. The average Bonchev–Trinajstić information content (AvgIpc) is 3.02. The van der Waals surface area contributed by atoms with Crippen LogP contribution < -0.4 is 15.4 Å². The van der Waals surface area contributed by atoms with E-state index in [2.05, 4.69) is 35.9 Å². The number of ether oxygens (including phenoxy) is 1. The predicted octanol–water partition coefficient (Wildman–Crippen LogP) is 0.796. The SMILES string of the molecule is CCCOc1nc(NC)nc(NCCCn2ccnn2)n1. The molecule has 0 aromatic carbocycles. The Labute approximate surface area is 123 Å². The zero-order valence-corrected chi connectivity index (χ0v) is 12.3. The molecule has 0 saturated carbocycles. The van der Waals surface area contributed by atoms with Gasteiger partial charge in [-0.05, 0) is 12.8 Å². The number of nitrogens with zero attached hydrogens (tertiary/aromatic N) is 6. The molecule has 2 aromatic heterocycles. The van der Waals surface area contributed by atoms with Crippen LogP contribution in [0.2, 0.25) is 0 Å². The number of aromatic nitrogens is 6. The second kappa shape index (κ2) is 7.98. The Kier molecular flexibility index (Phi) is 5.68. The highest BCUT2D eigenvalue weighted by molar-refractivity contribution is 5.35. The highest BCUT2D eigenvalue weighted by Gasteiger charge is 2.06. The van der Waals surface area contributed by atoms with Gasteiger partial charge in [-0.2, -0.15) is 15.0 Å². The van der Waals surface area contributed by atoms with Crippen LogP contribution in [0.15, 0.2) is 12.4 Å². The van der Waals surface area contributed by atoms with E-state index < -0.39 is 0 Å². The summed E-state index contributed by atoms with van der Waals surface area (Å²) in [5.41, 5.74) is 0. The first-order valence-corrected chi connectivity index (χ1v) is 6.96. The second-order valence-corrected chi connectivity index (χ2v) is 4.31. The summed E-state index contributed by atoms with van der Waals surface area (Å²) in [6.45, 7) is 4.12. The predicted molar refractivity (Wildman–Crippen MR) is 78.3 cm³/mol. The number of aryl methyl sites for hydroxylation is 1. The average molecular weight is 292 g/mol.